The van der Waals surface area contributed by atoms with Gasteiger partial charge in [0.1, 0.15) is 7.11 Å². The number of rotatable bonds is 10. The first-order chi connectivity index (χ1) is 17.0. The van der Waals surface area contributed by atoms with Crippen LogP contribution < -0.4 is 15.7 Å². The van der Waals surface area contributed by atoms with E-state index >= 15 is 0 Å². The molecule has 7 nitrogen and oxygen atoms in total. The molecule has 0 fully saturated rings. The van der Waals surface area contributed by atoms with Crippen molar-refractivity contribution < 1.29 is 9.94 Å². The van der Waals surface area contributed by atoms with Crippen molar-refractivity contribution in [3.63, 3.8) is 0 Å². The van der Waals surface area contributed by atoms with Gasteiger partial charge in [-0.3, -0.25) is 4.79 Å². The quantitative estimate of drug-likeness (QED) is 0.214. The number of anilines is 1. The Balaban J connectivity index is 0.00000210. The molecular weight excluding hydrogens is 507 g/mol. The molecule has 0 aliphatic heterocycles. The van der Waals surface area contributed by atoms with Crippen LogP contribution in [0.15, 0.2) is 58.4 Å². The highest BCUT2D eigenvalue weighted by Crippen LogP contribution is 2.33. The second-order valence-corrected chi connectivity index (χ2v) is 8.79. The number of thioether (sulfide) groups is 1. The van der Waals surface area contributed by atoms with Gasteiger partial charge in [0.25, 0.3) is 5.56 Å². The Hall–Kier alpha value is -2.96. The first-order valence-corrected chi connectivity index (χ1v) is 12.3. The Labute approximate surface area is 218 Å². The molecule has 0 unspecified atom stereocenters. The molecule has 184 valence electrons. The number of pyridine rings is 1. The van der Waals surface area contributed by atoms with Crippen LogP contribution >= 0.6 is 35.0 Å². The number of nitrogens with one attached hydrogen (secondary N) is 1. The largest absolute Gasteiger partial charge is 0.412 e. The topological polar surface area (TPSA) is 89.3 Å². The highest BCUT2D eigenvalue weighted by Gasteiger charge is 2.18. The van der Waals surface area contributed by atoms with E-state index < -0.39 is 5.56 Å². The fourth-order valence-electron chi connectivity index (χ4n) is 3.07. The average Bonchev–Trinajstić information content (AvgIpc) is 2.87. The Morgan fingerprint density at radius 1 is 1.31 bits per heavy atom. The number of hydrogen-bond acceptors (Lipinski definition) is 7. The zero-order valence-electron chi connectivity index (χ0n) is 19.4. The molecule has 0 saturated carbocycles. The highest BCUT2D eigenvalue weighted by atomic mass is 35.5. The van der Waals surface area contributed by atoms with Crippen LogP contribution in [0, 0.1) is 12.8 Å². The van der Waals surface area contributed by atoms with Gasteiger partial charge in [-0.25, -0.2) is 4.98 Å². The third kappa shape index (κ3) is 7.26. The molecule has 3 aromatic rings. The standard InChI is InChI=1S/C23H24Cl2N4O3S.C2H2/c1-3-16(33-12-6-11-30)7-5-10-26-23-27-14-15-13-17(20-18(24)8-4-9-19(20)25)22(31)29(32-2)21(15)28-23;1-2/h3-5,7-9,13-14,30H,6,10-12H2,1-2H3,(H,26,27,28);1-2H/b7-5-,16-3+;. The summed E-state index contributed by atoms with van der Waals surface area (Å²) >= 11 is 14.3. The minimum absolute atomic E-state index is 0.189. The number of halogens is 2. The summed E-state index contributed by atoms with van der Waals surface area (Å²) < 4.78 is 1.10. The molecule has 2 N–H and O–H groups in total. The normalized spacial score (nSPS) is 11.3. The number of allylic oxidation sites excluding steroid dienone is 2. The van der Waals surface area contributed by atoms with Crippen molar-refractivity contribution >= 4 is 51.9 Å². The van der Waals surface area contributed by atoms with Crippen LogP contribution in [0.25, 0.3) is 22.2 Å². The molecule has 0 radical (unpaired) electrons. The highest BCUT2D eigenvalue weighted by molar-refractivity contribution is 8.03. The van der Waals surface area contributed by atoms with Crippen molar-refractivity contribution in [1.29, 1.82) is 0 Å². The number of aliphatic hydroxyl groups is 1. The molecule has 10 heteroatoms. The Morgan fingerprint density at radius 2 is 2.03 bits per heavy atom. The third-order valence-electron chi connectivity index (χ3n) is 4.63. The van der Waals surface area contributed by atoms with Gasteiger partial charge in [-0.2, -0.15) is 4.98 Å². The summed E-state index contributed by atoms with van der Waals surface area (Å²) in [7, 11) is 1.39. The van der Waals surface area contributed by atoms with Gasteiger partial charge < -0.3 is 15.3 Å². The minimum Gasteiger partial charge on any atom is -0.412 e. The van der Waals surface area contributed by atoms with E-state index in [2.05, 4.69) is 28.1 Å². The Kier molecular flexibility index (Phi) is 11.7. The molecule has 3 rings (SSSR count). The van der Waals surface area contributed by atoms with Crippen molar-refractivity contribution in [2.75, 3.05) is 31.3 Å². The summed E-state index contributed by atoms with van der Waals surface area (Å²) in [5.74, 6) is 1.22. The average molecular weight is 533 g/mol. The maximum absolute atomic E-state index is 13.1. The predicted molar refractivity (Wildman–Crippen MR) is 147 cm³/mol. The van der Waals surface area contributed by atoms with E-state index in [0.29, 0.717) is 44.7 Å². The SMILES string of the molecule is C#C.C/C=C(\C=C/CNc1ncc2cc(-c3c(Cl)cccc3Cl)c(=O)n(OC)c2n1)SCCCO. The predicted octanol–water partition coefficient (Wildman–Crippen LogP) is 5.06. The number of fused-ring (bicyclic) bond motifs is 1. The van der Waals surface area contributed by atoms with Gasteiger partial charge in [-0.05, 0) is 31.5 Å². The lowest BCUT2D eigenvalue weighted by Crippen LogP contribution is -2.27. The van der Waals surface area contributed by atoms with E-state index in [-0.39, 0.29) is 6.61 Å². The zero-order valence-corrected chi connectivity index (χ0v) is 21.7. The second kappa shape index (κ2) is 14.4. The molecule has 0 amide bonds. The monoisotopic (exact) mass is 532 g/mol. The fraction of sp³-hybridized carbons (Fsp3) is 0.240. The summed E-state index contributed by atoms with van der Waals surface area (Å²) in [6.45, 7) is 2.65. The number of aliphatic hydroxyl groups excluding tert-OH is 1. The van der Waals surface area contributed by atoms with Gasteiger partial charge >= 0.3 is 0 Å². The summed E-state index contributed by atoms with van der Waals surface area (Å²) in [6, 6.07) is 6.72. The maximum atomic E-state index is 13.1. The number of nitrogens with zero attached hydrogens (tertiary/aromatic N) is 3. The van der Waals surface area contributed by atoms with Crippen LogP contribution in [-0.2, 0) is 0 Å². The Bertz CT molecular complexity index is 1270. The molecule has 35 heavy (non-hydrogen) atoms. The van der Waals surface area contributed by atoms with Crippen LogP contribution in [0.3, 0.4) is 0 Å². The van der Waals surface area contributed by atoms with E-state index in [1.165, 1.54) is 7.11 Å². The molecule has 0 saturated heterocycles. The smallest absolute Gasteiger partial charge is 0.293 e. The van der Waals surface area contributed by atoms with Crippen molar-refractivity contribution in [3.05, 3.63) is 74.0 Å². The lowest BCUT2D eigenvalue weighted by Gasteiger charge is -2.13. The molecule has 2 heterocycles. The number of aromatic nitrogens is 3. The Morgan fingerprint density at radius 3 is 2.66 bits per heavy atom. The first-order valence-electron chi connectivity index (χ1n) is 10.6. The molecule has 0 aliphatic rings. The van der Waals surface area contributed by atoms with Crippen molar-refractivity contribution in [2.24, 2.45) is 0 Å². The van der Waals surface area contributed by atoms with Crippen LogP contribution in [0.4, 0.5) is 5.95 Å². The van der Waals surface area contributed by atoms with Gasteiger partial charge in [0.2, 0.25) is 5.95 Å². The minimum atomic E-state index is -0.429. The fourth-order valence-corrected chi connectivity index (χ4v) is 4.54. The molecule has 0 bridgehead atoms. The van der Waals surface area contributed by atoms with Crippen molar-refractivity contribution in [2.45, 2.75) is 13.3 Å². The lowest BCUT2D eigenvalue weighted by atomic mass is 10.1. The summed E-state index contributed by atoms with van der Waals surface area (Å²) in [6.07, 6.45) is 16.3. The summed E-state index contributed by atoms with van der Waals surface area (Å²) in [5, 5.41) is 13.3. The van der Waals surface area contributed by atoms with E-state index in [0.717, 1.165) is 21.8 Å². The summed E-state index contributed by atoms with van der Waals surface area (Å²) in [5.41, 5.74) is 0.624. The maximum Gasteiger partial charge on any atom is 0.293 e. The van der Waals surface area contributed by atoms with E-state index in [4.69, 9.17) is 33.1 Å². The third-order valence-corrected chi connectivity index (χ3v) is 6.46. The van der Waals surface area contributed by atoms with Crippen LogP contribution in [0.1, 0.15) is 13.3 Å². The molecule has 0 aliphatic carbocycles. The van der Waals surface area contributed by atoms with E-state index in [9.17, 15) is 4.79 Å². The van der Waals surface area contributed by atoms with E-state index in [1.54, 1.807) is 42.2 Å². The second-order valence-electron chi connectivity index (χ2n) is 6.81. The molecule has 0 spiro atoms. The van der Waals surface area contributed by atoms with Gasteiger partial charge in [-0.15, -0.1) is 29.3 Å². The van der Waals surface area contributed by atoms with Gasteiger partial charge in [0.15, 0.2) is 5.65 Å². The van der Waals surface area contributed by atoms with Crippen molar-refractivity contribution in [1.82, 2.24) is 14.7 Å². The molecular formula is C25H26Cl2N4O3S. The number of benzene rings is 1. The number of hydrogen-bond donors (Lipinski definition) is 2. The lowest BCUT2D eigenvalue weighted by molar-refractivity contribution is 0.168. The molecule has 0 atom stereocenters. The van der Waals surface area contributed by atoms with Crippen LogP contribution in [-0.4, -0.2) is 45.8 Å². The van der Waals surface area contributed by atoms with Gasteiger partial charge in [0, 0.05) is 41.0 Å². The summed E-state index contributed by atoms with van der Waals surface area (Å²) in [4.78, 5) is 28.4. The van der Waals surface area contributed by atoms with Gasteiger partial charge in [-0.1, -0.05) is 47.5 Å². The molecule has 2 aromatic heterocycles. The zero-order chi connectivity index (χ0) is 25.8. The molecule has 1 aromatic carbocycles. The number of terminal acetylenes is 1. The van der Waals surface area contributed by atoms with Crippen molar-refractivity contribution in [3.8, 4) is 24.0 Å². The van der Waals surface area contributed by atoms with E-state index in [1.807, 2.05) is 25.2 Å². The van der Waals surface area contributed by atoms with Crippen LogP contribution in [0.5, 0.6) is 0 Å². The first kappa shape index (κ1) is 28.3. The van der Waals surface area contributed by atoms with Gasteiger partial charge in [0.05, 0.1) is 15.6 Å². The van der Waals surface area contributed by atoms with Crippen LogP contribution in [0.2, 0.25) is 10.0 Å².